The maximum Gasteiger partial charge on any atom is 0.159 e. The first-order valence-corrected chi connectivity index (χ1v) is 20.8. The second-order valence-electron chi connectivity index (χ2n) is 14.5. The Morgan fingerprint density at radius 3 is 1.89 bits per heavy atom. The highest BCUT2D eigenvalue weighted by Gasteiger charge is 2.24. The van der Waals surface area contributed by atoms with Gasteiger partial charge in [0, 0.05) is 62.2 Å². The van der Waals surface area contributed by atoms with Crippen molar-refractivity contribution < 1.29 is 0 Å². The molecule has 0 bridgehead atoms. The zero-order valence-electron chi connectivity index (χ0n) is 30.6. The lowest BCUT2D eigenvalue weighted by Gasteiger charge is -2.24. The molecule has 0 aliphatic carbocycles. The van der Waals surface area contributed by atoms with E-state index in [1.165, 1.54) is 79.0 Å². The number of thiophene rings is 2. The van der Waals surface area contributed by atoms with Gasteiger partial charge < -0.3 is 9.88 Å². The highest BCUT2D eigenvalue weighted by Crippen LogP contribution is 2.45. The van der Waals surface area contributed by atoms with E-state index in [-0.39, 0.29) is 6.17 Å². The number of rotatable bonds is 5. The van der Waals surface area contributed by atoms with E-state index in [1.807, 2.05) is 46.9 Å². The summed E-state index contributed by atoms with van der Waals surface area (Å²) in [4.78, 5) is 10.2. The van der Waals surface area contributed by atoms with Crippen molar-refractivity contribution in [2.24, 2.45) is 9.98 Å². The molecule has 12 rings (SSSR count). The molecule has 3 aromatic heterocycles. The second kappa shape index (κ2) is 12.8. The van der Waals surface area contributed by atoms with Crippen LogP contribution < -0.4 is 5.32 Å². The van der Waals surface area contributed by atoms with Gasteiger partial charge in [-0.3, -0.25) is 0 Å². The lowest BCUT2D eigenvalue weighted by Crippen LogP contribution is -2.33. The Bertz CT molecular complexity index is 3390. The molecule has 0 amide bonds. The van der Waals surface area contributed by atoms with Crippen molar-refractivity contribution >= 4 is 96.5 Å². The van der Waals surface area contributed by atoms with E-state index in [0.29, 0.717) is 0 Å². The molecule has 268 valence electrons. The van der Waals surface area contributed by atoms with E-state index in [9.17, 15) is 0 Å². The monoisotopic (exact) mass is 764 g/mol. The standard InChI is InChI=1S/C51H32N4S2/c1-3-14-31(15-4-1)49-52-50(32-16-5-2-6-17-32)54-51(53-49)39-23-12-21-37-40-30-33(28-29-44(40)56-48(37)39)34-20-11-22-38-46-43(26-13-27-45(46)57-47(34)38)55-41-24-9-7-18-35(41)36-19-8-10-25-42(36)55/h1-30,49H,(H,52,53,54). The van der Waals surface area contributed by atoms with Gasteiger partial charge in [-0.2, -0.15) is 0 Å². The average molecular weight is 765 g/mol. The molecular weight excluding hydrogens is 733 g/mol. The van der Waals surface area contributed by atoms with E-state index in [2.05, 4.69) is 168 Å². The molecule has 1 aliphatic heterocycles. The number of hydrogen-bond acceptors (Lipinski definition) is 5. The number of aromatic nitrogens is 1. The molecule has 1 N–H and O–H groups in total. The normalized spacial score (nSPS) is 14.5. The minimum atomic E-state index is -0.248. The smallest absolute Gasteiger partial charge is 0.159 e. The molecule has 0 fully saturated rings. The fraction of sp³-hybridized carbons (Fsp3) is 0.0196. The van der Waals surface area contributed by atoms with Crippen LogP contribution in [0, 0.1) is 0 Å². The van der Waals surface area contributed by atoms with Crippen molar-refractivity contribution in [3.05, 3.63) is 199 Å². The van der Waals surface area contributed by atoms with Crippen molar-refractivity contribution in [2.45, 2.75) is 6.17 Å². The molecule has 0 spiro atoms. The van der Waals surface area contributed by atoms with Crippen LogP contribution in [0.3, 0.4) is 0 Å². The maximum atomic E-state index is 5.16. The number of nitrogens with one attached hydrogen (secondary N) is 1. The van der Waals surface area contributed by atoms with Gasteiger partial charge in [-0.25, -0.2) is 9.98 Å². The first-order valence-electron chi connectivity index (χ1n) is 19.2. The molecule has 8 aromatic carbocycles. The molecule has 0 saturated heterocycles. The van der Waals surface area contributed by atoms with Crippen LogP contribution in [0.2, 0.25) is 0 Å². The van der Waals surface area contributed by atoms with Crippen LogP contribution in [0.1, 0.15) is 22.9 Å². The highest BCUT2D eigenvalue weighted by atomic mass is 32.1. The topological polar surface area (TPSA) is 41.7 Å². The minimum absolute atomic E-state index is 0.248. The summed E-state index contributed by atoms with van der Waals surface area (Å²) in [7, 11) is 0. The van der Waals surface area contributed by atoms with Crippen LogP contribution in [0.25, 0.3) is 79.0 Å². The van der Waals surface area contributed by atoms with Crippen LogP contribution in [-0.4, -0.2) is 16.2 Å². The molecule has 0 radical (unpaired) electrons. The van der Waals surface area contributed by atoms with Gasteiger partial charge in [0.05, 0.1) is 16.7 Å². The number of hydrogen-bond donors (Lipinski definition) is 1. The second-order valence-corrected chi connectivity index (χ2v) is 16.6. The van der Waals surface area contributed by atoms with Gasteiger partial charge in [-0.1, -0.05) is 140 Å². The molecular formula is C51H32N4S2. The first-order chi connectivity index (χ1) is 28.3. The molecule has 11 aromatic rings. The van der Waals surface area contributed by atoms with Crippen molar-refractivity contribution in [3.63, 3.8) is 0 Å². The molecule has 57 heavy (non-hydrogen) atoms. The quantitative estimate of drug-likeness (QED) is 0.186. The summed E-state index contributed by atoms with van der Waals surface area (Å²) < 4.78 is 7.52. The SMILES string of the molecule is c1ccc(C2=NC(c3ccccc3)NC(c3cccc4c3sc3ccc(-c5cccc6c5sc5cccc(-n7c8ccccc8c8ccccc87)c56)cc34)=N2)cc1. The molecule has 1 unspecified atom stereocenters. The van der Waals surface area contributed by atoms with Gasteiger partial charge >= 0.3 is 0 Å². The van der Waals surface area contributed by atoms with Gasteiger partial charge in [0.15, 0.2) is 5.84 Å². The van der Waals surface area contributed by atoms with Gasteiger partial charge in [0.2, 0.25) is 0 Å². The molecule has 1 aliphatic rings. The van der Waals surface area contributed by atoms with Gasteiger partial charge in [-0.05, 0) is 59.2 Å². The third-order valence-electron chi connectivity index (χ3n) is 11.3. The highest BCUT2D eigenvalue weighted by molar-refractivity contribution is 7.26. The fourth-order valence-corrected chi connectivity index (χ4v) is 11.1. The number of aliphatic imine (C=N–C) groups is 2. The average Bonchev–Trinajstić information content (AvgIpc) is 3.96. The molecule has 1 atom stereocenters. The number of benzene rings is 8. The lowest BCUT2D eigenvalue weighted by atomic mass is 9.99. The number of para-hydroxylation sites is 2. The summed E-state index contributed by atoms with van der Waals surface area (Å²) in [5.41, 5.74) is 9.34. The Labute approximate surface area is 336 Å². The van der Waals surface area contributed by atoms with Crippen molar-refractivity contribution in [1.29, 1.82) is 0 Å². The zero-order chi connectivity index (χ0) is 37.5. The van der Waals surface area contributed by atoms with Gasteiger partial charge in [0.25, 0.3) is 0 Å². The summed E-state index contributed by atoms with van der Waals surface area (Å²) in [5.74, 6) is 1.57. The van der Waals surface area contributed by atoms with Crippen LogP contribution in [0.5, 0.6) is 0 Å². The molecule has 4 heterocycles. The number of nitrogens with zero attached hydrogens (tertiary/aromatic N) is 3. The summed E-state index contributed by atoms with van der Waals surface area (Å²) in [6, 6.07) is 65.4. The Hall–Kier alpha value is -6.86. The first kappa shape index (κ1) is 32.4. The van der Waals surface area contributed by atoms with E-state index in [1.54, 1.807) is 0 Å². The zero-order valence-corrected chi connectivity index (χ0v) is 32.2. The van der Waals surface area contributed by atoms with Crippen molar-refractivity contribution in [1.82, 2.24) is 9.88 Å². The van der Waals surface area contributed by atoms with Crippen LogP contribution in [0.15, 0.2) is 192 Å². The fourth-order valence-electron chi connectivity index (χ4n) is 8.69. The lowest BCUT2D eigenvalue weighted by molar-refractivity contribution is 0.674. The molecule has 4 nitrogen and oxygen atoms in total. The van der Waals surface area contributed by atoms with Gasteiger partial charge in [-0.15, -0.1) is 22.7 Å². The van der Waals surface area contributed by atoms with Gasteiger partial charge in [0.1, 0.15) is 12.0 Å². The Morgan fingerprint density at radius 1 is 0.474 bits per heavy atom. The van der Waals surface area contributed by atoms with E-state index >= 15 is 0 Å². The summed E-state index contributed by atoms with van der Waals surface area (Å²) in [6.07, 6.45) is -0.248. The number of amidine groups is 2. The molecule has 6 heteroatoms. The van der Waals surface area contributed by atoms with Crippen LogP contribution in [0.4, 0.5) is 0 Å². The van der Waals surface area contributed by atoms with Crippen LogP contribution >= 0.6 is 22.7 Å². The Morgan fingerprint density at radius 2 is 1.11 bits per heavy atom. The van der Waals surface area contributed by atoms with E-state index in [4.69, 9.17) is 9.98 Å². The Balaban J connectivity index is 1.00. The van der Waals surface area contributed by atoms with Crippen molar-refractivity contribution in [3.8, 4) is 16.8 Å². The van der Waals surface area contributed by atoms with Crippen molar-refractivity contribution in [2.75, 3.05) is 0 Å². The van der Waals surface area contributed by atoms with Crippen LogP contribution in [-0.2, 0) is 0 Å². The van der Waals surface area contributed by atoms with E-state index in [0.717, 1.165) is 28.4 Å². The third kappa shape index (κ3) is 5.11. The Kier molecular flexibility index (Phi) is 7.30. The summed E-state index contributed by atoms with van der Waals surface area (Å²) in [5, 5.41) is 11.3. The third-order valence-corrected chi connectivity index (χ3v) is 13.7. The summed E-state index contributed by atoms with van der Waals surface area (Å²) in [6.45, 7) is 0. The molecule has 0 saturated carbocycles. The number of fused-ring (bicyclic) bond motifs is 9. The minimum Gasteiger partial charge on any atom is -0.344 e. The van der Waals surface area contributed by atoms with E-state index < -0.39 is 0 Å². The maximum absolute atomic E-state index is 5.16. The predicted octanol–water partition coefficient (Wildman–Crippen LogP) is 13.7. The summed E-state index contributed by atoms with van der Waals surface area (Å²) >= 11 is 3.72. The largest absolute Gasteiger partial charge is 0.344 e. The predicted molar refractivity (Wildman–Crippen MR) is 244 cm³/mol.